The van der Waals surface area contributed by atoms with E-state index in [-0.39, 0.29) is 11.6 Å². The Morgan fingerprint density at radius 2 is 2.09 bits per heavy atom. The smallest absolute Gasteiger partial charge is 0.283 e. The highest BCUT2D eigenvalue weighted by atomic mass is 35.5. The molecule has 7 nitrogen and oxygen atoms in total. The van der Waals surface area contributed by atoms with Crippen LogP contribution in [0.5, 0.6) is 5.75 Å². The molecule has 4 rings (SSSR count). The number of benzene rings is 2. The molecule has 0 N–H and O–H groups in total. The Morgan fingerprint density at radius 3 is 2.78 bits per heavy atom. The van der Waals surface area contributed by atoms with Gasteiger partial charge in [-0.3, -0.25) is 19.8 Å². The van der Waals surface area contributed by atoms with Gasteiger partial charge in [0.25, 0.3) is 11.6 Å². The summed E-state index contributed by atoms with van der Waals surface area (Å²) in [6.07, 6.45) is 1.74. The third-order valence-electron chi connectivity index (χ3n) is 4.53. The van der Waals surface area contributed by atoms with Crippen molar-refractivity contribution < 1.29 is 14.5 Å². The van der Waals surface area contributed by atoms with Crippen LogP contribution in [-0.4, -0.2) is 23.1 Å². The van der Waals surface area contributed by atoms with Crippen molar-refractivity contribution in [3.63, 3.8) is 0 Å². The summed E-state index contributed by atoms with van der Waals surface area (Å²) >= 11 is 9.11. The second-order valence-corrected chi connectivity index (χ2v) is 8.94. The molecule has 162 valence electrons. The number of nitro benzene ring substituents is 1. The first-order chi connectivity index (χ1) is 15.5. The summed E-state index contributed by atoms with van der Waals surface area (Å²) in [5, 5.41) is 13.8. The molecule has 0 atom stereocenters. The molecule has 0 spiro atoms. The van der Waals surface area contributed by atoms with Gasteiger partial charge in [-0.05, 0) is 41.3 Å². The van der Waals surface area contributed by atoms with E-state index in [1.54, 1.807) is 36.4 Å². The number of nitro groups is 1. The van der Waals surface area contributed by atoms with E-state index in [4.69, 9.17) is 16.3 Å². The van der Waals surface area contributed by atoms with E-state index in [1.165, 1.54) is 47.2 Å². The number of thiophene rings is 1. The fourth-order valence-electron chi connectivity index (χ4n) is 3.03. The van der Waals surface area contributed by atoms with Crippen molar-refractivity contribution in [2.75, 3.05) is 12.0 Å². The third-order valence-corrected chi connectivity index (χ3v) is 6.66. The number of carbonyl (C=O) groups is 1. The van der Waals surface area contributed by atoms with Crippen molar-refractivity contribution in [2.24, 2.45) is 4.99 Å². The minimum absolute atomic E-state index is 0.0182. The van der Waals surface area contributed by atoms with Gasteiger partial charge in [0.2, 0.25) is 0 Å². The van der Waals surface area contributed by atoms with E-state index < -0.39 is 4.92 Å². The number of aliphatic imine (C=N–C) groups is 1. The van der Waals surface area contributed by atoms with E-state index in [9.17, 15) is 14.9 Å². The molecule has 0 radical (unpaired) electrons. The number of halogens is 1. The van der Waals surface area contributed by atoms with Crippen LogP contribution in [0.15, 0.2) is 70.7 Å². The summed E-state index contributed by atoms with van der Waals surface area (Å²) in [6, 6.07) is 15.3. The first-order valence-electron chi connectivity index (χ1n) is 9.34. The van der Waals surface area contributed by atoms with Gasteiger partial charge in [0.15, 0.2) is 5.17 Å². The number of hydrogen-bond donors (Lipinski definition) is 0. The largest absolute Gasteiger partial charge is 0.495 e. The van der Waals surface area contributed by atoms with Gasteiger partial charge < -0.3 is 4.74 Å². The maximum Gasteiger partial charge on any atom is 0.283 e. The van der Waals surface area contributed by atoms with E-state index in [2.05, 4.69) is 4.99 Å². The van der Waals surface area contributed by atoms with Gasteiger partial charge in [-0.25, -0.2) is 4.99 Å². The average Bonchev–Trinajstić information content (AvgIpc) is 3.40. The topological polar surface area (TPSA) is 85.0 Å². The van der Waals surface area contributed by atoms with Gasteiger partial charge in [0.05, 0.1) is 22.7 Å². The lowest BCUT2D eigenvalue weighted by Crippen LogP contribution is -2.30. The molecule has 3 aromatic rings. The molecular formula is C22H16ClN3O4S2. The van der Waals surface area contributed by atoms with Crippen LogP contribution in [0, 0.1) is 10.1 Å². The van der Waals surface area contributed by atoms with Gasteiger partial charge >= 0.3 is 0 Å². The zero-order valence-corrected chi connectivity index (χ0v) is 19.1. The predicted molar refractivity (Wildman–Crippen MR) is 130 cm³/mol. The van der Waals surface area contributed by atoms with E-state index >= 15 is 0 Å². The third kappa shape index (κ3) is 4.69. The lowest BCUT2D eigenvalue weighted by Gasteiger charge is -2.18. The normalized spacial score (nSPS) is 14.7. The lowest BCUT2D eigenvalue weighted by molar-refractivity contribution is -0.384. The Balaban J connectivity index is 1.66. The van der Waals surface area contributed by atoms with Crippen LogP contribution < -0.4 is 9.64 Å². The fourth-order valence-corrected chi connectivity index (χ4v) is 4.89. The number of non-ortho nitro benzene ring substituents is 1. The van der Waals surface area contributed by atoms with Gasteiger partial charge in [0.1, 0.15) is 11.4 Å². The predicted octanol–water partition coefficient (Wildman–Crippen LogP) is 6.00. The monoisotopic (exact) mass is 485 g/mol. The van der Waals surface area contributed by atoms with Crippen LogP contribution in [0.4, 0.5) is 11.4 Å². The first-order valence-corrected chi connectivity index (χ1v) is 11.6. The molecule has 32 heavy (non-hydrogen) atoms. The molecule has 2 heterocycles. The molecule has 10 heteroatoms. The number of amidine groups is 1. The molecule has 0 aliphatic carbocycles. The number of anilines is 1. The maximum absolute atomic E-state index is 13.2. The summed E-state index contributed by atoms with van der Waals surface area (Å²) < 4.78 is 5.21. The summed E-state index contributed by atoms with van der Waals surface area (Å²) in [4.78, 5) is 30.8. The van der Waals surface area contributed by atoms with Crippen LogP contribution >= 0.6 is 34.7 Å². The van der Waals surface area contributed by atoms with Crippen molar-refractivity contribution in [3.05, 3.63) is 91.3 Å². The number of methoxy groups -OCH3 is 1. The van der Waals surface area contributed by atoms with Crippen LogP contribution in [0.3, 0.4) is 0 Å². The first kappa shape index (κ1) is 22.1. The number of nitrogens with zero attached hydrogens (tertiary/aromatic N) is 3. The number of hydrogen-bond acceptors (Lipinski definition) is 7. The lowest BCUT2D eigenvalue weighted by atomic mass is 10.2. The van der Waals surface area contributed by atoms with Crippen molar-refractivity contribution in [1.82, 2.24) is 0 Å². The molecule has 0 unspecified atom stereocenters. The molecule has 0 saturated carbocycles. The Kier molecular flexibility index (Phi) is 6.59. The van der Waals surface area contributed by atoms with Crippen LogP contribution in [0.2, 0.25) is 5.02 Å². The average molecular weight is 486 g/mol. The molecule has 0 bridgehead atoms. The Labute approximate surface area is 197 Å². The van der Waals surface area contributed by atoms with Gasteiger partial charge in [-0.15, -0.1) is 11.3 Å². The Hall–Kier alpha value is -3.14. The maximum atomic E-state index is 13.2. The summed E-state index contributed by atoms with van der Waals surface area (Å²) in [7, 11) is 1.52. The molecule has 1 aliphatic heterocycles. The second kappa shape index (κ2) is 9.56. The number of ether oxygens (including phenoxy) is 1. The van der Waals surface area contributed by atoms with E-state index in [0.29, 0.717) is 33.1 Å². The van der Waals surface area contributed by atoms with Crippen molar-refractivity contribution in [2.45, 2.75) is 5.75 Å². The molecule has 0 saturated heterocycles. The highest BCUT2D eigenvalue weighted by Crippen LogP contribution is 2.35. The molecule has 0 fully saturated rings. The number of carbonyl (C=O) groups excluding carboxylic acids is 1. The summed E-state index contributed by atoms with van der Waals surface area (Å²) in [5.41, 5.74) is 1.63. The number of amides is 1. The van der Waals surface area contributed by atoms with E-state index in [0.717, 1.165) is 10.4 Å². The molecule has 1 amide bonds. The van der Waals surface area contributed by atoms with Crippen LogP contribution in [0.1, 0.15) is 10.4 Å². The highest BCUT2D eigenvalue weighted by molar-refractivity contribution is 8.13. The highest BCUT2D eigenvalue weighted by Gasteiger charge is 2.32. The van der Waals surface area contributed by atoms with Crippen molar-refractivity contribution >= 4 is 63.2 Å². The number of rotatable bonds is 6. The fraction of sp³-hybridized carbons (Fsp3) is 0.0909. The summed E-state index contributed by atoms with van der Waals surface area (Å²) in [6.45, 7) is 0. The van der Waals surface area contributed by atoms with Gasteiger partial charge in [-0.1, -0.05) is 41.6 Å². The minimum Gasteiger partial charge on any atom is -0.495 e. The Bertz CT molecular complexity index is 1240. The van der Waals surface area contributed by atoms with Crippen LogP contribution in [-0.2, 0) is 10.5 Å². The SMILES string of the molecule is COc1ccc(N2C(=O)/C(=C/c3cccs3)N=C2SCc2cccc([N+](=O)[O-])c2)cc1Cl. The molecule has 1 aliphatic rings. The van der Waals surface area contributed by atoms with Gasteiger partial charge in [0, 0.05) is 22.8 Å². The molecule has 2 aromatic carbocycles. The van der Waals surface area contributed by atoms with Crippen molar-refractivity contribution in [1.29, 1.82) is 0 Å². The Morgan fingerprint density at radius 1 is 1.25 bits per heavy atom. The summed E-state index contributed by atoms with van der Waals surface area (Å²) in [5.74, 6) is 0.626. The zero-order chi connectivity index (χ0) is 22.7. The quantitative estimate of drug-likeness (QED) is 0.243. The van der Waals surface area contributed by atoms with E-state index in [1.807, 2.05) is 17.5 Å². The molecule has 1 aromatic heterocycles. The van der Waals surface area contributed by atoms with Crippen LogP contribution in [0.25, 0.3) is 6.08 Å². The van der Waals surface area contributed by atoms with Gasteiger partial charge in [-0.2, -0.15) is 0 Å². The molecular weight excluding hydrogens is 470 g/mol. The van der Waals surface area contributed by atoms with Crippen molar-refractivity contribution in [3.8, 4) is 5.75 Å². The second-order valence-electron chi connectivity index (χ2n) is 6.61. The number of thioether (sulfide) groups is 1. The standard InChI is InChI=1S/C22H16ClN3O4S2/c1-30-20-8-7-15(11-18(20)23)25-21(27)19(12-17-6-3-9-31-17)24-22(25)32-13-14-4-2-5-16(10-14)26(28)29/h2-12H,13H2,1H3/b19-12-. The zero-order valence-electron chi connectivity index (χ0n) is 16.7. The minimum atomic E-state index is -0.432.